The van der Waals surface area contributed by atoms with Crippen molar-refractivity contribution in [3.8, 4) is 0 Å². The first-order chi connectivity index (χ1) is 11.1. The first-order valence-electron chi connectivity index (χ1n) is 8.11. The van der Waals surface area contributed by atoms with Crippen LogP contribution in [-0.2, 0) is 9.59 Å². The first-order valence-corrected chi connectivity index (χ1v) is 8.11. The topological polar surface area (TPSA) is 81.7 Å². The van der Waals surface area contributed by atoms with E-state index in [1.807, 2.05) is 35.2 Å². The van der Waals surface area contributed by atoms with Crippen LogP contribution < -0.4 is 15.5 Å². The van der Waals surface area contributed by atoms with Crippen LogP contribution in [0.5, 0.6) is 0 Å². The zero-order valence-corrected chi connectivity index (χ0v) is 13.5. The number of aliphatic hydroxyl groups is 1. The van der Waals surface area contributed by atoms with E-state index in [2.05, 4.69) is 10.6 Å². The maximum absolute atomic E-state index is 12.3. The van der Waals surface area contributed by atoms with E-state index in [-0.39, 0.29) is 18.4 Å². The lowest BCUT2D eigenvalue weighted by molar-refractivity contribution is -0.128. The largest absolute Gasteiger partial charge is 0.392 e. The molecule has 1 aromatic carbocycles. The number of hydrogen-bond donors (Lipinski definition) is 3. The molecule has 3 N–H and O–H groups in total. The van der Waals surface area contributed by atoms with E-state index in [9.17, 15) is 14.7 Å². The number of rotatable bonds is 6. The molecule has 0 radical (unpaired) electrons. The summed E-state index contributed by atoms with van der Waals surface area (Å²) in [5.41, 5.74) is 0.869. The quantitative estimate of drug-likeness (QED) is 0.719. The van der Waals surface area contributed by atoms with Crippen LogP contribution in [0.15, 0.2) is 30.3 Å². The smallest absolute Gasteiger partial charge is 0.242 e. The van der Waals surface area contributed by atoms with Crippen molar-refractivity contribution >= 4 is 17.5 Å². The second kappa shape index (κ2) is 8.53. The number of hydrogen-bond acceptors (Lipinski definition) is 4. The molecule has 1 saturated heterocycles. The van der Waals surface area contributed by atoms with Crippen LogP contribution in [0.2, 0.25) is 0 Å². The lowest BCUT2D eigenvalue weighted by Gasteiger charge is -2.26. The van der Waals surface area contributed by atoms with Gasteiger partial charge in [-0.15, -0.1) is 0 Å². The van der Waals surface area contributed by atoms with E-state index >= 15 is 0 Å². The van der Waals surface area contributed by atoms with Gasteiger partial charge in [0.2, 0.25) is 11.8 Å². The van der Waals surface area contributed by atoms with Gasteiger partial charge in [-0.25, -0.2) is 0 Å². The molecule has 6 heteroatoms. The van der Waals surface area contributed by atoms with Crippen LogP contribution in [0, 0.1) is 0 Å². The average Bonchev–Trinajstić information content (AvgIpc) is 2.72. The summed E-state index contributed by atoms with van der Waals surface area (Å²) in [6.45, 7) is 2.82. The van der Waals surface area contributed by atoms with Gasteiger partial charge in [-0.05, 0) is 38.3 Å². The van der Waals surface area contributed by atoms with Crippen LogP contribution >= 0.6 is 0 Å². The van der Waals surface area contributed by atoms with Crippen molar-refractivity contribution in [3.63, 3.8) is 0 Å². The Balaban J connectivity index is 1.98. The predicted molar refractivity (Wildman–Crippen MR) is 89.1 cm³/mol. The molecule has 1 heterocycles. The summed E-state index contributed by atoms with van der Waals surface area (Å²) in [6, 6.07) is 9.01. The highest BCUT2D eigenvalue weighted by Crippen LogP contribution is 2.13. The number of nitrogens with zero attached hydrogens (tertiary/aromatic N) is 1. The Labute approximate surface area is 136 Å². The number of amides is 2. The molecule has 0 saturated carbocycles. The number of aliphatic hydroxyl groups excluding tert-OH is 1. The van der Waals surface area contributed by atoms with Crippen LogP contribution in [0.3, 0.4) is 0 Å². The Morgan fingerprint density at radius 3 is 2.83 bits per heavy atom. The second-order valence-corrected chi connectivity index (χ2v) is 5.97. The number of benzene rings is 1. The van der Waals surface area contributed by atoms with Crippen molar-refractivity contribution in [2.75, 3.05) is 24.5 Å². The van der Waals surface area contributed by atoms with Crippen LogP contribution in [0.4, 0.5) is 5.69 Å². The van der Waals surface area contributed by atoms with Crippen LogP contribution in [0.25, 0.3) is 0 Å². The number of carbonyl (C=O) groups excluding carboxylic acids is 2. The Bertz CT molecular complexity index is 519. The van der Waals surface area contributed by atoms with Gasteiger partial charge in [0.25, 0.3) is 0 Å². The fourth-order valence-electron chi connectivity index (χ4n) is 2.71. The molecule has 2 rings (SSSR count). The van der Waals surface area contributed by atoms with Crippen molar-refractivity contribution in [3.05, 3.63) is 30.3 Å². The number of para-hydroxylation sites is 1. The van der Waals surface area contributed by atoms with E-state index in [1.54, 1.807) is 6.92 Å². The molecule has 0 aliphatic carbocycles. The Kier molecular flexibility index (Phi) is 6.40. The maximum Gasteiger partial charge on any atom is 0.242 e. The van der Waals surface area contributed by atoms with Crippen molar-refractivity contribution in [2.24, 2.45) is 0 Å². The highest BCUT2D eigenvalue weighted by molar-refractivity contribution is 5.89. The molecule has 1 aromatic rings. The third kappa shape index (κ3) is 5.56. The van der Waals surface area contributed by atoms with Crippen molar-refractivity contribution in [1.82, 2.24) is 10.6 Å². The van der Waals surface area contributed by atoms with Crippen LogP contribution in [0.1, 0.15) is 26.2 Å². The van der Waals surface area contributed by atoms with Crippen molar-refractivity contribution in [2.45, 2.75) is 38.3 Å². The lowest BCUT2D eigenvalue weighted by atomic mass is 10.1. The summed E-state index contributed by atoms with van der Waals surface area (Å²) in [6.07, 6.45) is 1.97. The molecular formula is C17H25N3O3. The molecule has 126 valence electrons. The van der Waals surface area contributed by atoms with Gasteiger partial charge >= 0.3 is 0 Å². The van der Waals surface area contributed by atoms with Gasteiger partial charge in [0, 0.05) is 18.8 Å². The minimum absolute atomic E-state index is 0.110. The maximum atomic E-state index is 12.3. The van der Waals surface area contributed by atoms with Gasteiger partial charge < -0.3 is 20.6 Å². The molecule has 2 amide bonds. The standard InChI is InChI=1S/C17H25N3O3/c1-13(21)11-20(14-7-3-2-4-8-14)12-16(22)19-15-9-5-6-10-18-17(15)23/h2-4,7-8,13,15,21H,5-6,9-12H2,1H3,(H,18,23)(H,19,22). The highest BCUT2D eigenvalue weighted by atomic mass is 16.3. The first kappa shape index (κ1) is 17.3. The fourth-order valence-corrected chi connectivity index (χ4v) is 2.71. The zero-order chi connectivity index (χ0) is 16.7. The molecule has 6 nitrogen and oxygen atoms in total. The van der Waals surface area contributed by atoms with Gasteiger partial charge in [0.1, 0.15) is 6.04 Å². The molecule has 1 aliphatic heterocycles. The van der Waals surface area contributed by atoms with E-state index in [0.717, 1.165) is 18.5 Å². The second-order valence-electron chi connectivity index (χ2n) is 5.97. The van der Waals surface area contributed by atoms with Gasteiger partial charge in [-0.3, -0.25) is 9.59 Å². The summed E-state index contributed by atoms with van der Waals surface area (Å²) in [4.78, 5) is 26.0. The van der Waals surface area contributed by atoms with Gasteiger partial charge in [-0.2, -0.15) is 0 Å². The van der Waals surface area contributed by atoms with E-state index in [4.69, 9.17) is 0 Å². The number of nitrogens with one attached hydrogen (secondary N) is 2. The minimum atomic E-state index is -0.552. The predicted octanol–water partition coefficient (Wildman–Crippen LogP) is 0.659. The summed E-state index contributed by atoms with van der Waals surface area (Å²) in [7, 11) is 0. The molecule has 2 unspecified atom stereocenters. The molecule has 0 spiro atoms. The molecule has 1 aliphatic rings. The molecule has 23 heavy (non-hydrogen) atoms. The fraction of sp³-hybridized carbons (Fsp3) is 0.529. The van der Waals surface area contributed by atoms with Gasteiger partial charge in [-0.1, -0.05) is 18.2 Å². The monoisotopic (exact) mass is 319 g/mol. The van der Waals surface area contributed by atoms with Gasteiger partial charge in [0.05, 0.1) is 12.6 Å². The summed E-state index contributed by atoms with van der Waals surface area (Å²) in [5, 5.41) is 15.3. The molecule has 2 atom stereocenters. The summed E-state index contributed by atoms with van der Waals surface area (Å²) >= 11 is 0. The Hall–Kier alpha value is -2.08. The number of anilines is 1. The van der Waals surface area contributed by atoms with E-state index in [0.29, 0.717) is 19.5 Å². The van der Waals surface area contributed by atoms with E-state index in [1.165, 1.54) is 0 Å². The summed E-state index contributed by atoms with van der Waals surface area (Å²) in [5.74, 6) is -0.325. The Morgan fingerprint density at radius 1 is 1.39 bits per heavy atom. The highest BCUT2D eigenvalue weighted by Gasteiger charge is 2.23. The minimum Gasteiger partial charge on any atom is -0.392 e. The van der Waals surface area contributed by atoms with E-state index < -0.39 is 12.1 Å². The average molecular weight is 319 g/mol. The third-order valence-electron chi connectivity index (χ3n) is 3.81. The molecular weight excluding hydrogens is 294 g/mol. The normalized spacial score (nSPS) is 19.4. The van der Waals surface area contributed by atoms with Crippen molar-refractivity contribution in [1.29, 1.82) is 0 Å². The molecule has 1 fully saturated rings. The third-order valence-corrected chi connectivity index (χ3v) is 3.81. The summed E-state index contributed by atoms with van der Waals surface area (Å²) < 4.78 is 0. The number of carbonyl (C=O) groups is 2. The Morgan fingerprint density at radius 2 is 2.13 bits per heavy atom. The zero-order valence-electron chi connectivity index (χ0n) is 13.5. The van der Waals surface area contributed by atoms with Crippen LogP contribution in [-0.4, -0.2) is 48.7 Å². The lowest BCUT2D eigenvalue weighted by Crippen LogP contribution is -2.49. The molecule has 0 bridgehead atoms. The molecule has 0 aromatic heterocycles. The van der Waals surface area contributed by atoms with Gasteiger partial charge in [0.15, 0.2) is 0 Å². The van der Waals surface area contributed by atoms with Crippen molar-refractivity contribution < 1.29 is 14.7 Å². The SMILES string of the molecule is CC(O)CN(CC(=O)NC1CCCCNC1=O)c1ccccc1.